The fourth-order valence-electron chi connectivity index (χ4n) is 5.90. The maximum Gasteiger partial charge on any atom is 0.305 e. The molecule has 1 heterocycles. The summed E-state index contributed by atoms with van der Waals surface area (Å²) in [5.41, 5.74) is 2.49. The zero-order chi connectivity index (χ0) is 41.4. The first-order chi connectivity index (χ1) is 28.2. The van der Waals surface area contributed by atoms with Crippen LogP contribution in [0, 0.1) is 11.7 Å². The van der Waals surface area contributed by atoms with Crippen molar-refractivity contribution in [1.29, 1.82) is 0 Å². The number of anilines is 1. The van der Waals surface area contributed by atoms with E-state index in [0.717, 1.165) is 40.7 Å². The van der Waals surface area contributed by atoms with Crippen LogP contribution in [0.3, 0.4) is 0 Å². The van der Waals surface area contributed by atoms with Crippen molar-refractivity contribution >= 4 is 34.4 Å². The maximum absolute atomic E-state index is 13.3. The number of carbonyl (C=O) groups is 3. The first-order valence-electron chi connectivity index (χ1n) is 19.9. The number of nitrogens with one attached hydrogen (secondary N) is 3. The number of carboxylic acid groups (broad SMARTS) is 1. The summed E-state index contributed by atoms with van der Waals surface area (Å²) in [4.78, 5) is 40.8. The molecule has 4 N–H and O–H groups in total. The number of ether oxygens (including phenoxy) is 5. The monoisotopic (exact) mass is 804 g/mol. The third-order valence-corrected chi connectivity index (χ3v) is 8.97. The molecule has 0 aliphatic carbocycles. The van der Waals surface area contributed by atoms with E-state index in [2.05, 4.69) is 34.8 Å². The summed E-state index contributed by atoms with van der Waals surface area (Å²) < 4.78 is 41.7. The van der Waals surface area contributed by atoms with Crippen molar-refractivity contribution in [3.8, 4) is 16.9 Å². The van der Waals surface area contributed by atoms with Gasteiger partial charge in [0.2, 0.25) is 11.8 Å². The van der Waals surface area contributed by atoms with Gasteiger partial charge in [0.05, 0.1) is 65.3 Å². The summed E-state index contributed by atoms with van der Waals surface area (Å²) in [7, 11) is 0. The molecule has 13 nitrogen and oxygen atoms in total. The van der Waals surface area contributed by atoms with Gasteiger partial charge in [0.1, 0.15) is 24.0 Å². The third kappa shape index (κ3) is 17.1. The Bertz CT molecular complexity index is 1840. The van der Waals surface area contributed by atoms with Crippen molar-refractivity contribution in [3.05, 3.63) is 90.4 Å². The Morgan fingerprint density at radius 3 is 2.07 bits per heavy atom. The molecule has 2 amide bonds. The number of aliphatic carboxylic acids is 1. The lowest BCUT2D eigenvalue weighted by Crippen LogP contribution is -2.39. The normalized spacial score (nSPS) is 11.7. The van der Waals surface area contributed by atoms with Crippen LogP contribution in [0.15, 0.2) is 79.0 Å². The van der Waals surface area contributed by atoms with E-state index in [9.17, 15) is 23.9 Å². The summed E-state index contributed by atoms with van der Waals surface area (Å²) in [5, 5.41) is 19.8. The first kappa shape index (κ1) is 45.6. The Morgan fingerprint density at radius 1 is 0.759 bits per heavy atom. The average Bonchev–Trinajstić information content (AvgIpc) is 3.21. The fraction of sp³-hybridized carbons (Fsp3) is 0.455. The number of fused-ring (bicyclic) bond motifs is 1. The zero-order valence-corrected chi connectivity index (χ0v) is 33.5. The maximum atomic E-state index is 13.3. The lowest BCUT2D eigenvalue weighted by Gasteiger charge is -2.19. The molecule has 58 heavy (non-hydrogen) atoms. The van der Waals surface area contributed by atoms with Crippen molar-refractivity contribution in [2.75, 3.05) is 77.9 Å². The van der Waals surface area contributed by atoms with E-state index in [1.54, 1.807) is 12.1 Å². The SMILES string of the molecule is CC(C)CCOCCOCCOCCOCCOc1ccc(-c2ccc([C@H](CC(=O)O)NC(=O)CNC(=O)CCCCNc3cc(F)ccn3)cc2)c2ccccc12. The van der Waals surface area contributed by atoms with Crippen LogP contribution in [0.25, 0.3) is 21.9 Å². The molecule has 0 saturated heterocycles. The number of aromatic nitrogens is 1. The number of halogens is 1. The highest BCUT2D eigenvalue weighted by Gasteiger charge is 2.19. The van der Waals surface area contributed by atoms with Crippen LogP contribution >= 0.6 is 0 Å². The number of pyridine rings is 1. The number of carbonyl (C=O) groups excluding carboxylic acids is 2. The van der Waals surface area contributed by atoms with Crippen molar-refractivity contribution in [2.24, 2.45) is 5.92 Å². The van der Waals surface area contributed by atoms with Crippen LogP contribution in [-0.4, -0.2) is 100 Å². The topological polar surface area (TPSA) is 167 Å². The van der Waals surface area contributed by atoms with Crippen molar-refractivity contribution in [3.63, 3.8) is 0 Å². The van der Waals surface area contributed by atoms with E-state index < -0.39 is 17.9 Å². The van der Waals surface area contributed by atoms with E-state index in [1.807, 2.05) is 48.5 Å². The summed E-state index contributed by atoms with van der Waals surface area (Å²) in [6, 6.07) is 21.0. The Labute approximate surface area is 340 Å². The first-order valence-corrected chi connectivity index (χ1v) is 19.9. The Balaban J connectivity index is 1.18. The number of hydrogen-bond donors (Lipinski definition) is 4. The van der Waals surface area contributed by atoms with E-state index in [1.165, 1.54) is 18.3 Å². The molecule has 0 aliphatic heterocycles. The van der Waals surface area contributed by atoms with Crippen LogP contribution in [0.4, 0.5) is 10.2 Å². The van der Waals surface area contributed by atoms with Gasteiger partial charge in [-0.15, -0.1) is 0 Å². The minimum absolute atomic E-state index is 0.199. The number of carboxylic acids is 1. The molecule has 0 bridgehead atoms. The standard InChI is InChI=1S/C44H57FN4O9/c1-32(2)17-20-54-21-22-55-23-24-56-25-26-57-27-28-58-40-15-14-36(37-7-3-4-8-38(37)40)33-10-12-34(13-11-33)39(30-44(52)53)49-43(51)31-48-42(50)9-5-6-18-46-41-29-35(45)16-19-47-41/h3-4,7-8,10-16,19,29,32,39H,5-6,9,17-18,20-28,30-31H2,1-2H3,(H,46,47)(H,48,50)(H,49,51)(H,52,53)/t39-/m0/s1. The van der Waals surface area contributed by atoms with Gasteiger partial charge < -0.3 is 44.7 Å². The Hall–Kier alpha value is -5.15. The molecule has 0 unspecified atom stereocenters. The van der Waals surface area contributed by atoms with Crippen molar-refractivity contribution in [2.45, 2.75) is 52.0 Å². The largest absolute Gasteiger partial charge is 0.491 e. The van der Waals surface area contributed by atoms with Crippen LogP contribution in [0.5, 0.6) is 5.75 Å². The second-order valence-electron chi connectivity index (χ2n) is 14.0. The van der Waals surface area contributed by atoms with E-state index >= 15 is 0 Å². The number of hydrogen-bond acceptors (Lipinski definition) is 10. The van der Waals surface area contributed by atoms with Gasteiger partial charge >= 0.3 is 5.97 Å². The van der Waals surface area contributed by atoms with Gasteiger partial charge in [0, 0.05) is 37.2 Å². The zero-order valence-electron chi connectivity index (χ0n) is 33.5. The van der Waals surface area contributed by atoms with Gasteiger partial charge in [-0.1, -0.05) is 68.4 Å². The molecular weight excluding hydrogens is 748 g/mol. The summed E-state index contributed by atoms with van der Waals surface area (Å²) in [6.07, 6.45) is 3.48. The molecule has 0 aliphatic rings. The molecule has 1 aromatic heterocycles. The predicted molar refractivity (Wildman–Crippen MR) is 220 cm³/mol. The molecule has 314 valence electrons. The van der Waals surface area contributed by atoms with E-state index in [0.29, 0.717) is 89.5 Å². The molecule has 3 aromatic carbocycles. The average molecular weight is 805 g/mol. The molecule has 1 atom stereocenters. The van der Waals surface area contributed by atoms with Crippen LogP contribution in [0.1, 0.15) is 57.6 Å². The minimum atomic E-state index is -1.07. The molecular formula is C44H57FN4O9. The number of unbranched alkanes of at least 4 members (excludes halogenated alkanes) is 1. The quantitative estimate of drug-likeness (QED) is 0.0439. The highest BCUT2D eigenvalue weighted by atomic mass is 19.1. The summed E-state index contributed by atoms with van der Waals surface area (Å²) >= 11 is 0. The second-order valence-corrected chi connectivity index (χ2v) is 14.0. The highest BCUT2D eigenvalue weighted by molar-refractivity contribution is 6.00. The molecule has 0 spiro atoms. The van der Waals surface area contributed by atoms with Gasteiger partial charge in [-0.3, -0.25) is 14.4 Å². The van der Waals surface area contributed by atoms with Crippen molar-refractivity contribution < 1.29 is 47.6 Å². The van der Waals surface area contributed by atoms with Crippen molar-refractivity contribution in [1.82, 2.24) is 15.6 Å². The highest BCUT2D eigenvalue weighted by Crippen LogP contribution is 2.35. The molecule has 4 aromatic rings. The Kier molecular flexibility index (Phi) is 20.4. The van der Waals surface area contributed by atoms with Gasteiger partial charge in [0.25, 0.3) is 0 Å². The fourth-order valence-corrected chi connectivity index (χ4v) is 5.90. The third-order valence-electron chi connectivity index (χ3n) is 8.97. The van der Waals surface area contributed by atoms with Crippen LogP contribution in [-0.2, 0) is 33.3 Å². The molecule has 4 rings (SSSR count). The molecule has 0 fully saturated rings. The molecule has 0 saturated carbocycles. The number of amides is 2. The predicted octanol–water partition coefficient (Wildman–Crippen LogP) is 6.56. The molecule has 0 radical (unpaired) electrons. The van der Waals surface area contributed by atoms with Gasteiger partial charge in [-0.25, -0.2) is 9.37 Å². The Morgan fingerprint density at radius 2 is 1.41 bits per heavy atom. The smallest absolute Gasteiger partial charge is 0.305 e. The number of nitrogens with zero attached hydrogens (tertiary/aromatic N) is 1. The van der Waals surface area contributed by atoms with Crippen LogP contribution in [0.2, 0.25) is 0 Å². The lowest BCUT2D eigenvalue weighted by atomic mass is 9.95. The van der Waals surface area contributed by atoms with Crippen LogP contribution < -0.4 is 20.7 Å². The summed E-state index contributed by atoms with van der Waals surface area (Å²) in [6.45, 7) is 9.17. The number of rotatable bonds is 29. The minimum Gasteiger partial charge on any atom is -0.491 e. The van der Waals surface area contributed by atoms with Gasteiger partial charge in [-0.2, -0.15) is 0 Å². The van der Waals surface area contributed by atoms with E-state index in [4.69, 9.17) is 23.7 Å². The van der Waals surface area contributed by atoms with Gasteiger partial charge in [0.15, 0.2) is 0 Å². The van der Waals surface area contributed by atoms with E-state index in [-0.39, 0.29) is 31.1 Å². The van der Waals surface area contributed by atoms with Gasteiger partial charge in [-0.05, 0) is 59.4 Å². The molecule has 14 heteroatoms. The summed E-state index contributed by atoms with van der Waals surface area (Å²) in [5.74, 6) is -0.478. The number of benzene rings is 3. The second kappa shape index (κ2) is 26.0. The lowest BCUT2D eigenvalue weighted by molar-refractivity contribution is -0.138.